The summed E-state index contributed by atoms with van der Waals surface area (Å²) in [4.78, 5) is 40.5. The zero-order chi connectivity index (χ0) is 20.9. The Balaban J connectivity index is 1.85. The van der Waals surface area contributed by atoms with Crippen LogP contribution in [0.4, 0.5) is 11.4 Å². The molecule has 2 aromatic rings. The van der Waals surface area contributed by atoms with Crippen molar-refractivity contribution in [2.45, 2.75) is 13.8 Å². The Morgan fingerprint density at radius 2 is 1.79 bits per heavy atom. The molecule has 0 aromatic heterocycles. The molecule has 0 radical (unpaired) electrons. The first-order chi connectivity index (χ1) is 13.8. The Labute approximate surface area is 176 Å². The van der Waals surface area contributed by atoms with Gasteiger partial charge in [-0.25, -0.2) is 0 Å². The monoisotopic (exact) mass is 424 g/mol. The van der Waals surface area contributed by atoms with E-state index in [0.29, 0.717) is 21.3 Å². The number of hydrogen-bond donors (Lipinski definition) is 1. The number of benzene rings is 2. The average Bonchev–Trinajstić information content (AvgIpc) is 3.10. The molecule has 0 aliphatic carbocycles. The third kappa shape index (κ3) is 3.14. The van der Waals surface area contributed by atoms with Gasteiger partial charge in [-0.3, -0.25) is 24.2 Å². The fraction of sp³-hybridized carbons (Fsp3) is 0.143. The number of fused-ring (bicyclic) bond motifs is 1. The molecule has 1 saturated heterocycles. The van der Waals surface area contributed by atoms with E-state index < -0.39 is 18.4 Å². The highest BCUT2D eigenvalue weighted by atomic mass is 32.2. The van der Waals surface area contributed by atoms with Gasteiger partial charge < -0.3 is 5.11 Å². The molecular formula is C21H16N2O4S2. The molecule has 2 aromatic carbocycles. The van der Waals surface area contributed by atoms with E-state index in [1.807, 2.05) is 32.0 Å². The molecule has 1 N–H and O–H groups in total. The van der Waals surface area contributed by atoms with E-state index in [1.165, 1.54) is 9.80 Å². The minimum Gasteiger partial charge on any atom is -0.480 e. The number of amides is 2. The first-order valence-corrected chi connectivity index (χ1v) is 10.0. The Morgan fingerprint density at radius 3 is 2.52 bits per heavy atom. The summed E-state index contributed by atoms with van der Waals surface area (Å²) in [5.41, 5.74) is 3.79. The molecular weight excluding hydrogens is 408 g/mol. The summed E-state index contributed by atoms with van der Waals surface area (Å²) in [5.74, 6) is -2.00. The minimum absolute atomic E-state index is 0.201. The van der Waals surface area contributed by atoms with E-state index >= 15 is 0 Å². The van der Waals surface area contributed by atoms with E-state index in [0.717, 1.165) is 22.9 Å². The molecule has 0 bridgehead atoms. The van der Waals surface area contributed by atoms with Gasteiger partial charge in [0.1, 0.15) is 6.54 Å². The molecule has 6 nitrogen and oxygen atoms in total. The number of carbonyl (C=O) groups is 3. The molecule has 0 unspecified atom stereocenters. The van der Waals surface area contributed by atoms with Crippen LogP contribution in [0.2, 0.25) is 0 Å². The molecule has 0 atom stereocenters. The van der Waals surface area contributed by atoms with Crippen molar-refractivity contribution >= 4 is 63.0 Å². The molecule has 146 valence electrons. The van der Waals surface area contributed by atoms with Crippen LogP contribution in [0.15, 0.2) is 47.4 Å². The summed E-state index contributed by atoms with van der Waals surface area (Å²) in [7, 11) is 0. The molecule has 8 heteroatoms. The number of hydrogen-bond acceptors (Lipinski definition) is 5. The van der Waals surface area contributed by atoms with E-state index in [-0.39, 0.29) is 16.4 Å². The molecule has 0 saturated carbocycles. The van der Waals surface area contributed by atoms with Gasteiger partial charge in [0, 0.05) is 5.56 Å². The molecule has 2 amide bonds. The SMILES string of the molecule is Cc1ccc(C)c(N2C(=O)C(=C3C(=O)N(CC(=O)O)c4ccccc43)SC2=S)c1. The summed E-state index contributed by atoms with van der Waals surface area (Å²) in [6, 6.07) is 12.6. The lowest BCUT2D eigenvalue weighted by Crippen LogP contribution is -2.33. The van der Waals surface area contributed by atoms with Gasteiger partial charge in [0.2, 0.25) is 0 Å². The number of aliphatic carboxylic acids is 1. The summed E-state index contributed by atoms with van der Waals surface area (Å²) in [6.45, 7) is 3.35. The van der Waals surface area contributed by atoms with Gasteiger partial charge in [0.15, 0.2) is 4.32 Å². The number of carbonyl (C=O) groups excluding carboxylic acids is 2. The van der Waals surface area contributed by atoms with Crippen molar-refractivity contribution in [3.05, 3.63) is 64.1 Å². The summed E-state index contributed by atoms with van der Waals surface area (Å²) < 4.78 is 0.341. The zero-order valence-electron chi connectivity index (χ0n) is 15.6. The fourth-order valence-corrected chi connectivity index (χ4v) is 4.84. The fourth-order valence-electron chi connectivity index (χ4n) is 3.48. The van der Waals surface area contributed by atoms with Crippen LogP contribution in [0.5, 0.6) is 0 Å². The van der Waals surface area contributed by atoms with Crippen molar-refractivity contribution in [2.75, 3.05) is 16.3 Å². The molecule has 2 aliphatic rings. The highest BCUT2D eigenvalue weighted by Gasteiger charge is 2.43. The zero-order valence-corrected chi connectivity index (χ0v) is 17.3. The molecule has 2 aliphatic heterocycles. The number of para-hydroxylation sites is 1. The quantitative estimate of drug-likeness (QED) is 0.600. The minimum atomic E-state index is -1.13. The smallest absolute Gasteiger partial charge is 0.323 e. The Hall–Kier alpha value is -2.97. The van der Waals surface area contributed by atoms with Crippen molar-refractivity contribution in [1.82, 2.24) is 0 Å². The number of thiocarbonyl (C=S) groups is 1. The van der Waals surface area contributed by atoms with Gasteiger partial charge in [-0.2, -0.15) is 0 Å². The van der Waals surface area contributed by atoms with Gasteiger partial charge >= 0.3 is 5.97 Å². The van der Waals surface area contributed by atoms with Gasteiger partial charge in [-0.1, -0.05) is 54.3 Å². The van der Waals surface area contributed by atoms with E-state index in [1.54, 1.807) is 24.3 Å². The maximum Gasteiger partial charge on any atom is 0.323 e. The summed E-state index contributed by atoms with van der Waals surface area (Å²) in [6.07, 6.45) is 0. The second-order valence-electron chi connectivity index (χ2n) is 6.80. The first-order valence-electron chi connectivity index (χ1n) is 8.80. The van der Waals surface area contributed by atoms with Crippen LogP contribution in [-0.2, 0) is 14.4 Å². The normalized spacial score (nSPS) is 18.6. The van der Waals surface area contributed by atoms with Gasteiger partial charge in [-0.05, 0) is 37.1 Å². The van der Waals surface area contributed by atoms with Crippen LogP contribution in [0.25, 0.3) is 5.57 Å². The van der Waals surface area contributed by atoms with Crippen molar-refractivity contribution in [3.63, 3.8) is 0 Å². The molecule has 1 fully saturated rings. The summed E-state index contributed by atoms with van der Waals surface area (Å²) in [5, 5.41) is 9.20. The van der Waals surface area contributed by atoms with E-state index in [4.69, 9.17) is 12.2 Å². The van der Waals surface area contributed by atoms with Crippen molar-refractivity contribution in [3.8, 4) is 0 Å². The van der Waals surface area contributed by atoms with Crippen LogP contribution in [0.1, 0.15) is 16.7 Å². The third-order valence-corrected chi connectivity index (χ3v) is 6.19. The predicted molar refractivity (Wildman–Crippen MR) is 117 cm³/mol. The number of carboxylic acids is 1. The number of rotatable bonds is 3. The number of anilines is 2. The van der Waals surface area contributed by atoms with Crippen molar-refractivity contribution < 1.29 is 19.5 Å². The number of thioether (sulfide) groups is 1. The van der Waals surface area contributed by atoms with Crippen molar-refractivity contribution in [2.24, 2.45) is 0 Å². The maximum atomic E-state index is 13.3. The molecule has 4 rings (SSSR count). The van der Waals surface area contributed by atoms with E-state index in [9.17, 15) is 19.5 Å². The van der Waals surface area contributed by atoms with Crippen LogP contribution in [-0.4, -0.2) is 33.8 Å². The molecule has 2 heterocycles. The standard InChI is InChI=1S/C21H16N2O4S2/c1-11-7-8-12(2)15(9-11)23-20(27)18(29-21(23)28)17-13-5-3-4-6-14(13)22(19(17)26)10-16(24)25/h3-9H,10H2,1-2H3,(H,24,25). The molecule has 29 heavy (non-hydrogen) atoms. The van der Waals surface area contributed by atoms with Crippen LogP contribution < -0.4 is 9.80 Å². The first kappa shape index (κ1) is 19.4. The lowest BCUT2D eigenvalue weighted by molar-refractivity contribution is -0.136. The highest BCUT2D eigenvalue weighted by Crippen LogP contribution is 2.45. The Kier molecular flexibility index (Phi) is 4.76. The van der Waals surface area contributed by atoms with Crippen LogP contribution in [0, 0.1) is 13.8 Å². The highest BCUT2D eigenvalue weighted by molar-refractivity contribution is 8.27. The largest absolute Gasteiger partial charge is 0.480 e. The lowest BCUT2D eigenvalue weighted by atomic mass is 10.1. The number of carboxylic acid groups (broad SMARTS) is 1. The van der Waals surface area contributed by atoms with Crippen LogP contribution in [0.3, 0.4) is 0 Å². The average molecular weight is 425 g/mol. The maximum absolute atomic E-state index is 13.3. The predicted octanol–water partition coefficient (Wildman–Crippen LogP) is 3.51. The van der Waals surface area contributed by atoms with Gasteiger partial charge in [-0.15, -0.1) is 0 Å². The molecule has 0 spiro atoms. The number of nitrogens with zero attached hydrogens (tertiary/aromatic N) is 2. The lowest BCUT2D eigenvalue weighted by Gasteiger charge is -2.18. The third-order valence-electron chi connectivity index (χ3n) is 4.82. The summed E-state index contributed by atoms with van der Waals surface area (Å²) >= 11 is 6.54. The second kappa shape index (κ2) is 7.13. The topological polar surface area (TPSA) is 77.9 Å². The van der Waals surface area contributed by atoms with Gasteiger partial charge in [0.05, 0.1) is 21.9 Å². The Bertz CT molecular complexity index is 1140. The van der Waals surface area contributed by atoms with E-state index in [2.05, 4.69) is 0 Å². The van der Waals surface area contributed by atoms with Crippen LogP contribution >= 0.6 is 24.0 Å². The second-order valence-corrected chi connectivity index (χ2v) is 8.45. The van der Waals surface area contributed by atoms with Gasteiger partial charge in [0.25, 0.3) is 11.8 Å². The van der Waals surface area contributed by atoms with Crippen molar-refractivity contribution in [1.29, 1.82) is 0 Å². The Morgan fingerprint density at radius 1 is 1.07 bits per heavy atom. The number of aryl methyl sites for hydroxylation is 2.